The number of aryl methyl sites for hydroxylation is 1. The third kappa shape index (κ3) is 3.01. The Kier molecular flexibility index (Phi) is 3.47. The molecular formula is C16H25N3S. The number of nitrogens with zero attached hydrogens (tertiary/aromatic N) is 2. The van der Waals surface area contributed by atoms with Gasteiger partial charge in [-0.05, 0) is 50.9 Å². The summed E-state index contributed by atoms with van der Waals surface area (Å²) in [7, 11) is 0. The molecule has 1 heterocycles. The van der Waals surface area contributed by atoms with Crippen LogP contribution in [0.1, 0.15) is 56.0 Å². The van der Waals surface area contributed by atoms with Crippen LogP contribution in [-0.2, 0) is 13.0 Å². The smallest absolute Gasteiger partial charge is 0.186 e. The standard InChI is InChI=1S/C16H25N3S/c1-2-14-15(9-17-12-5-6-12)20-16(18-14)19(13-7-8-13)10-11-3-4-11/h11-13,17H,2-10H2,1H3. The van der Waals surface area contributed by atoms with Crippen molar-refractivity contribution in [1.82, 2.24) is 10.3 Å². The minimum atomic E-state index is 0.788. The Balaban J connectivity index is 1.49. The van der Waals surface area contributed by atoms with Gasteiger partial charge >= 0.3 is 0 Å². The Morgan fingerprint density at radius 3 is 2.60 bits per heavy atom. The van der Waals surface area contributed by atoms with Crippen LogP contribution in [0.4, 0.5) is 5.13 Å². The van der Waals surface area contributed by atoms with Crippen LogP contribution in [0.25, 0.3) is 0 Å². The van der Waals surface area contributed by atoms with E-state index in [1.54, 1.807) is 0 Å². The summed E-state index contributed by atoms with van der Waals surface area (Å²) in [5, 5.41) is 4.96. The zero-order valence-electron chi connectivity index (χ0n) is 12.4. The number of thiazole rings is 1. The minimum absolute atomic E-state index is 0.788. The monoisotopic (exact) mass is 291 g/mol. The zero-order chi connectivity index (χ0) is 13.5. The molecule has 0 aromatic carbocycles. The van der Waals surface area contributed by atoms with Crippen molar-refractivity contribution in [3.8, 4) is 0 Å². The van der Waals surface area contributed by atoms with Gasteiger partial charge in [-0.2, -0.15) is 0 Å². The van der Waals surface area contributed by atoms with Crippen LogP contribution in [0.5, 0.6) is 0 Å². The van der Waals surface area contributed by atoms with Crippen LogP contribution in [0.3, 0.4) is 0 Å². The average molecular weight is 291 g/mol. The van der Waals surface area contributed by atoms with Crippen molar-refractivity contribution in [2.75, 3.05) is 11.4 Å². The lowest BCUT2D eigenvalue weighted by Crippen LogP contribution is -2.27. The van der Waals surface area contributed by atoms with Gasteiger partial charge < -0.3 is 10.2 Å². The van der Waals surface area contributed by atoms with Crippen LogP contribution >= 0.6 is 11.3 Å². The second kappa shape index (κ2) is 5.30. The average Bonchev–Trinajstić information content (AvgIpc) is 3.30. The highest BCUT2D eigenvalue weighted by Crippen LogP contribution is 2.40. The molecule has 0 aliphatic heterocycles. The number of hydrogen-bond donors (Lipinski definition) is 1. The Morgan fingerprint density at radius 1 is 1.20 bits per heavy atom. The molecule has 110 valence electrons. The number of hydrogen-bond acceptors (Lipinski definition) is 4. The summed E-state index contributed by atoms with van der Waals surface area (Å²) in [6.45, 7) is 4.53. The summed E-state index contributed by atoms with van der Waals surface area (Å²) < 4.78 is 0. The molecule has 4 rings (SSSR count). The van der Waals surface area contributed by atoms with Crippen molar-refractivity contribution in [1.29, 1.82) is 0 Å². The van der Waals surface area contributed by atoms with Gasteiger partial charge in [0, 0.05) is 30.1 Å². The normalized spacial score (nSPS) is 22.2. The summed E-state index contributed by atoms with van der Waals surface area (Å²) in [6, 6.07) is 1.59. The number of anilines is 1. The highest BCUT2D eigenvalue weighted by atomic mass is 32.1. The topological polar surface area (TPSA) is 28.2 Å². The van der Waals surface area contributed by atoms with E-state index in [1.165, 1.54) is 60.8 Å². The van der Waals surface area contributed by atoms with Gasteiger partial charge in [0.2, 0.25) is 0 Å². The van der Waals surface area contributed by atoms with Crippen molar-refractivity contribution in [2.45, 2.75) is 70.5 Å². The first-order chi connectivity index (χ1) is 9.83. The van der Waals surface area contributed by atoms with E-state index in [1.807, 2.05) is 11.3 Å². The predicted molar refractivity (Wildman–Crippen MR) is 84.4 cm³/mol. The van der Waals surface area contributed by atoms with Crippen molar-refractivity contribution in [3.63, 3.8) is 0 Å². The van der Waals surface area contributed by atoms with E-state index in [0.717, 1.165) is 31.0 Å². The lowest BCUT2D eigenvalue weighted by Gasteiger charge is -2.21. The van der Waals surface area contributed by atoms with E-state index >= 15 is 0 Å². The van der Waals surface area contributed by atoms with Crippen LogP contribution in [0.15, 0.2) is 0 Å². The molecule has 1 N–H and O–H groups in total. The Hall–Kier alpha value is -0.610. The molecule has 20 heavy (non-hydrogen) atoms. The van der Waals surface area contributed by atoms with Gasteiger partial charge in [-0.15, -0.1) is 11.3 Å². The molecule has 0 radical (unpaired) electrons. The maximum Gasteiger partial charge on any atom is 0.186 e. The molecule has 0 atom stereocenters. The molecule has 0 amide bonds. The lowest BCUT2D eigenvalue weighted by molar-refractivity contribution is 0.688. The van der Waals surface area contributed by atoms with Gasteiger partial charge in [0.15, 0.2) is 5.13 Å². The van der Waals surface area contributed by atoms with Crippen molar-refractivity contribution in [3.05, 3.63) is 10.6 Å². The van der Waals surface area contributed by atoms with Gasteiger partial charge in [-0.3, -0.25) is 0 Å². The summed E-state index contributed by atoms with van der Waals surface area (Å²) >= 11 is 1.95. The molecule has 0 spiro atoms. The second-order valence-corrected chi connectivity index (χ2v) is 7.76. The van der Waals surface area contributed by atoms with E-state index in [0.29, 0.717) is 0 Å². The molecule has 1 aromatic rings. The summed E-state index contributed by atoms with van der Waals surface area (Å²) in [4.78, 5) is 9.08. The van der Waals surface area contributed by atoms with Crippen molar-refractivity contribution in [2.24, 2.45) is 5.92 Å². The van der Waals surface area contributed by atoms with Gasteiger partial charge in [0.25, 0.3) is 0 Å². The summed E-state index contributed by atoms with van der Waals surface area (Å²) in [5.41, 5.74) is 1.33. The van der Waals surface area contributed by atoms with E-state index in [9.17, 15) is 0 Å². The van der Waals surface area contributed by atoms with Gasteiger partial charge in [0.05, 0.1) is 5.69 Å². The molecule has 3 nitrogen and oxygen atoms in total. The van der Waals surface area contributed by atoms with Crippen molar-refractivity contribution >= 4 is 16.5 Å². The Morgan fingerprint density at radius 2 is 2.00 bits per heavy atom. The summed E-state index contributed by atoms with van der Waals surface area (Å²) in [5.74, 6) is 0.956. The molecule has 4 heteroatoms. The molecule has 0 unspecified atom stereocenters. The maximum absolute atomic E-state index is 4.97. The lowest BCUT2D eigenvalue weighted by atomic mass is 10.3. The van der Waals surface area contributed by atoms with Crippen LogP contribution in [0, 0.1) is 5.92 Å². The second-order valence-electron chi connectivity index (χ2n) is 6.70. The molecule has 1 aromatic heterocycles. The van der Waals surface area contributed by atoms with Crippen molar-refractivity contribution < 1.29 is 0 Å². The SMILES string of the molecule is CCc1nc(N(CC2CC2)C2CC2)sc1CNC1CC1. The Labute approximate surface area is 125 Å². The largest absolute Gasteiger partial charge is 0.345 e. The van der Waals surface area contributed by atoms with E-state index in [-0.39, 0.29) is 0 Å². The number of nitrogens with one attached hydrogen (secondary N) is 1. The highest BCUT2D eigenvalue weighted by molar-refractivity contribution is 7.15. The fourth-order valence-electron chi connectivity index (χ4n) is 2.78. The number of rotatable bonds is 8. The van der Waals surface area contributed by atoms with Gasteiger partial charge in [-0.25, -0.2) is 4.98 Å². The molecule has 3 aliphatic rings. The predicted octanol–water partition coefficient (Wildman–Crippen LogP) is 3.34. The first-order valence-corrected chi connectivity index (χ1v) is 9.13. The number of aromatic nitrogens is 1. The molecule has 3 fully saturated rings. The zero-order valence-corrected chi connectivity index (χ0v) is 13.2. The molecule has 0 bridgehead atoms. The first kappa shape index (κ1) is 13.1. The fraction of sp³-hybridized carbons (Fsp3) is 0.812. The van der Waals surface area contributed by atoms with Gasteiger partial charge in [-0.1, -0.05) is 6.92 Å². The van der Waals surface area contributed by atoms with Crippen LogP contribution in [-0.4, -0.2) is 23.6 Å². The minimum Gasteiger partial charge on any atom is -0.345 e. The molecule has 0 saturated heterocycles. The van der Waals surface area contributed by atoms with Gasteiger partial charge in [0.1, 0.15) is 0 Å². The van der Waals surface area contributed by atoms with E-state index in [2.05, 4.69) is 17.1 Å². The first-order valence-electron chi connectivity index (χ1n) is 8.32. The summed E-state index contributed by atoms with van der Waals surface area (Å²) in [6.07, 6.45) is 9.43. The quantitative estimate of drug-likeness (QED) is 0.796. The third-order valence-electron chi connectivity index (χ3n) is 4.62. The van der Waals surface area contributed by atoms with Crippen LogP contribution < -0.4 is 10.2 Å². The fourth-order valence-corrected chi connectivity index (χ4v) is 3.96. The molecule has 3 aliphatic carbocycles. The molecule has 3 saturated carbocycles. The van der Waals surface area contributed by atoms with Crippen LogP contribution in [0.2, 0.25) is 0 Å². The van der Waals surface area contributed by atoms with E-state index < -0.39 is 0 Å². The Bertz CT molecular complexity index is 472. The highest BCUT2D eigenvalue weighted by Gasteiger charge is 2.35. The van der Waals surface area contributed by atoms with E-state index in [4.69, 9.17) is 4.98 Å². The third-order valence-corrected chi connectivity index (χ3v) is 5.75. The maximum atomic E-state index is 4.97. The molecular weight excluding hydrogens is 266 g/mol.